The van der Waals surface area contributed by atoms with Crippen molar-refractivity contribution in [2.24, 2.45) is 0 Å². The Bertz CT molecular complexity index is 957. The number of ketones is 1. The summed E-state index contributed by atoms with van der Waals surface area (Å²) in [7, 11) is 1.58. The predicted octanol–water partition coefficient (Wildman–Crippen LogP) is 4.20. The van der Waals surface area contributed by atoms with Gasteiger partial charge in [0.1, 0.15) is 11.5 Å². The van der Waals surface area contributed by atoms with Crippen LogP contribution in [0.5, 0.6) is 5.75 Å². The highest BCUT2D eigenvalue weighted by Crippen LogP contribution is 2.40. The quantitative estimate of drug-likeness (QED) is 0.294. The standard InChI is InChI=1S/C23H24ClNO5/c1-3-30-18-11-10-16(14-17(18)24)21(26)19-20(15-8-5-4-6-9-15)25(12-7-13-29-2)23(28)22(19)27/h4-6,8-11,14,20,26H,3,7,12-13H2,1-2H3/t20-/m0/s1. The zero-order chi connectivity index (χ0) is 21.7. The van der Waals surface area contributed by atoms with Gasteiger partial charge in [-0.1, -0.05) is 41.9 Å². The van der Waals surface area contributed by atoms with Crippen LogP contribution in [0.15, 0.2) is 54.1 Å². The van der Waals surface area contributed by atoms with Crippen LogP contribution in [0, 0.1) is 0 Å². The molecule has 3 rings (SSSR count). The lowest BCUT2D eigenvalue weighted by Crippen LogP contribution is -2.31. The Morgan fingerprint density at radius 3 is 2.53 bits per heavy atom. The Morgan fingerprint density at radius 2 is 1.90 bits per heavy atom. The van der Waals surface area contributed by atoms with Crippen LogP contribution < -0.4 is 4.74 Å². The van der Waals surface area contributed by atoms with E-state index in [0.717, 1.165) is 5.56 Å². The van der Waals surface area contributed by atoms with Gasteiger partial charge in [-0.15, -0.1) is 0 Å². The maximum atomic E-state index is 12.9. The lowest BCUT2D eigenvalue weighted by Gasteiger charge is -2.25. The number of carbonyl (C=O) groups is 2. The molecule has 0 aliphatic carbocycles. The first-order valence-corrected chi connectivity index (χ1v) is 10.1. The molecule has 0 radical (unpaired) electrons. The third-order valence-electron chi connectivity index (χ3n) is 4.91. The number of aliphatic hydroxyl groups excluding tert-OH is 1. The second-order valence-electron chi connectivity index (χ2n) is 6.83. The van der Waals surface area contributed by atoms with Crippen LogP contribution in [0.1, 0.15) is 30.5 Å². The average molecular weight is 430 g/mol. The van der Waals surface area contributed by atoms with Gasteiger partial charge >= 0.3 is 0 Å². The number of aliphatic hydroxyl groups is 1. The number of benzene rings is 2. The van der Waals surface area contributed by atoms with E-state index >= 15 is 0 Å². The number of rotatable bonds is 8. The number of hydrogen-bond donors (Lipinski definition) is 1. The van der Waals surface area contributed by atoms with E-state index in [1.54, 1.807) is 19.2 Å². The molecule has 1 aliphatic heterocycles. The molecule has 158 valence electrons. The summed E-state index contributed by atoms with van der Waals surface area (Å²) in [6, 6.07) is 13.3. The molecular weight excluding hydrogens is 406 g/mol. The monoisotopic (exact) mass is 429 g/mol. The molecule has 0 saturated carbocycles. The zero-order valence-electron chi connectivity index (χ0n) is 16.9. The molecule has 1 N–H and O–H groups in total. The van der Waals surface area contributed by atoms with Gasteiger partial charge in [-0.2, -0.15) is 0 Å². The first kappa shape index (κ1) is 21.9. The van der Waals surface area contributed by atoms with Gasteiger partial charge in [0.15, 0.2) is 0 Å². The number of carbonyl (C=O) groups excluding carboxylic acids is 2. The fourth-order valence-corrected chi connectivity index (χ4v) is 3.78. The van der Waals surface area contributed by atoms with Crippen molar-refractivity contribution in [2.45, 2.75) is 19.4 Å². The van der Waals surface area contributed by atoms with E-state index in [2.05, 4.69) is 0 Å². The van der Waals surface area contributed by atoms with Crippen LogP contribution in [0.3, 0.4) is 0 Å². The number of hydrogen-bond acceptors (Lipinski definition) is 5. The summed E-state index contributed by atoms with van der Waals surface area (Å²) in [6.45, 7) is 3.08. The normalized spacial score (nSPS) is 18.1. The maximum absolute atomic E-state index is 12.9. The summed E-state index contributed by atoms with van der Waals surface area (Å²) in [5.74, 6) is -1.14. The molecule has 1 saturated heterocycles. The Kier molecular flexibility index (Phi) is 7.13. The molecular formula is C23H24ClNO5. The molecule has 2 aromatic rings. The maximum Gasteiger partial charge on any atom is 0.295 e. The lowest BCUT2D eigenvalue weighted by atomic mass is 9.95. The van der Waals surface area contributed by atoms with Crippen molar-refractivity contribution >= 4 is 29.1 Å². The first-order valence-electron chi connectivity index (χ1n) is 9.74. The Labute approximate surface area is 180 Å². The molecule has 0 aromatic heterocycles. The van der Waals surface area contributed by atoms with Crippen LogP contribution >= 0.6 is 11.6 Å². The molecule has 2 aromatic carbocycles. The Balaban J connectivity index is 2.08. The second kappa shape index (κ2) is 9.78. The van der Waals surface area contributed by atoms with Gasteiger partial charge in [0.25, 0.3) is 11.7 Å². The number of nitrogens with zero attached hydrogens (tertiary/aromatic N) is 1. The summed E-state index contributed by atoms with van der Waals surface area (Å²) in [6.07, 6.45) is 0.571. The summed E-state index contributed by atoms with van der Waals surface area (Å²) in [5.41, 5.74) is 1.14. The fourth-order valence-electron chi connectivity index (χ4n) is 3.55. The van der Waals surface area contributed by atoms with Crippen molar-refractivity contribution in [1.82, 2.24) is 4.90 Å². The van der Waals surface area contributed by atoms with Crippen molar-refractivity contribution < 1.29 is 24.2 Å². The minimum atomic E-state index is -0.719. The molecule has 0 unspecified atom stereocenters. The molecule has 1 heterocycles. The smallest absolute Gasteiger partial charge is 0.295 e. The second-order valence-corrected chi connectivity index (χ2v) is 7.23. The summed E-state index contributed by atoms with van der Waals surface area (Å²) in [4.78, 5) is 27.2. The van der Waals surface area contributed by atoms with E-state index in [1.165, 1.54) is 11.0 Å². The van der Waals surface area contributed by atoms with Crippen molar-refractivity contribution in [3.8, 4) is 5.75 Å². The van der Waals surface area contributed by atoms with Gasteiger partial charge in [0.2, 0.25) is 0 Å². The Hall–Kier alpha value is -2.83. The molecule has 1 amide bonds. The molecule has 1 atom stereocenters. The van der Waals surface area contributed by atoms with E-state index in [4.69, 9.17) is 21.1 Å². The highest BCUT2D eigenvalue weighted by Gasteiger charge is 2.45. The molecule has 0 bridgehead atoms. The fraction of sp³-hybridized carbons (Fsp3) is 0.304. The Morgan fingerprint density at radius 1 is 1.17 bits per heavy atom. The summed E-state index contributed by atoms with van der Waals surface area (Å²) in [5, 5.41) is 11.3. The number of amides is 1. The number of ether oxygens (including phenoxy) is 2. The SMILES string of the molecule is CCOc1ccc(C(O)=C2C(=O)C(=O)N(CCCOC)[C@H]2c2ccccc2)cc1Cl. The van der Waals surface area contributed by atoms with E-state index in [9.17, 15) is 14.7 Å². The molecule has 7 heteroatoms. The van der Waals surface area contributed by atoms with Gasteiger partial charge in [0, 0.05) is 25.8 Å². The van der Waals surface area contributed by atoms with Gasteiger partial charge in [-0.25, -0.2) is 0 Å². The van der Waals surface area contributed by atoms with E-state index < -0.39 is 17.7 Å². The van der Waals surface area contributed by atoms with Crippen molar-refractivity contribution in [3.63, 3.8) is 0 Å². The highest BCUT2D eigenvalue weighted by molar-refractivity contribution is 6.46. The molecule has 1 fully saturated rings. The van der Waals surface area contributed by atoms with Crippen LogP contribution in [0.4, 0.5) is 0 Å². The number of likely N-dealkylation sites (tertiary alicyclic amines) is 1. The van der Waals surface area contributed by atoms with Crippen LogP contribution in [0.2, 0.25) is 5.02 Å². The zero-order valence-corrected chi connectivity index (χ0v) is 17.7. The third-order valence-corrected chi connectivity index (χ3v) is 5.20. The number of halogens is 1. The largest absolute Gasteiger partial charge is 0.507 e. The molecule has 30 heavy (non-hydrogen) atoms. The molecule has 0 spiro atoms. The molecule has 6 nitrogen and oxygen atoms in total. The van der Waals surface area contributed by atoms with Crippen LogP contribution in [-0.2, 0) is 14.3 Å². The first-order chi connectivity index (χ1) is 14.5. The number of Topliss-reactive ketones (excluding diaryl/α,β-unsaturated/α-hetero) is 1. The van der Waals surface area contributed by atoms with Crippen molar-refractivity contribution in [1.29, 1.82) is 0 Å². The van der Waals surface area contributed by atoms with Gasteiger partial charge < -0.3 is 19.5 Å². The highest BCUT2D eigenvalue weighted by atomic mass is 35.5. The predicted molar refractivity (Wildman–Crippen MR) is 115 cm³/mol. The van der Waals surface area contributed by atoms with Crippen LogP contribution in [0.25, 0.3) is 5.76 Å². The van der Waals surface area contributed by atoms with Crippen molar-refractivity contribution in [3.05, 3.63) is 70.3 Å². The molecule has 1 aliphatic rings. The van der Waals surface area contributed by atoms with Gasteiger partial charge in [-0.05, 0) is 37.1 Å². The van der Waals surface area contributed by atoms with E-state index in [1.807, 2.05) is 37.3 Å². The van der Waals surface area contributed by atoms with Crippen LogP contribution in [-0.4, -0.2) is 48.6 Å². The summed E-state index contributed by atoms with van der Waals surface area (Å²) >= 11 is 6.26. The van der Waals surface area contributed by atoms with Gasteiger partial charge in [-0.3, -0.25) is 9.59 Å². The lowest BCUT2D eigenvalue weighted by molar-refractivity contribution is -0.140. The van der Waals surface area contributed by atoms with E-state index in [-0.39, 0.29) is 11.3 Å². The van der Waals surface area contributed by atoms with Crippen molar-refractivity contribution in [2.75, 3.05) is 26.9 Å². The van der Waals surface area contributed by atoms with Gasteiger partial charge in [0.05, 0.1) is 23.2 Å². The third kappa shape index (κ3) is 4.35. The average Bonchev–Trinajstić information content (AvgIpc) is 3.00. The van der Waals surface area contributed by atoms with E-state index in [0.29, 0.717) is 42.5 Å². The minimum absolute atomic E-state index is 0.0452. The topological polar surface area (TPSA) is 76.1 Å². The minimum Gasteiger partial charge on any atom is -0.507 e. The number of methoxy groups -OCH3 is 1. The summed E-state index contributed by atoms with van der Waals surface area (Å²) < 4.78 is 10.5.